The van der Waals surface area contributed by atoms with Gasteiger partial charge in [0.1, 0.15) is 5.78 Å². The lowest BCUT2D eigenvalue weighted by molar-refractivity contribution is -0.123. The lowest BCUT2D eigenvalue weighted by Crippen LogP contribution is -2.28. The highest BCUT2D eigenvalue weighted by molar-refractivity contribution is 5.79. The highest BCUT2D eigenvalue weighted by atomic mass is 16.1. The first-order valence-electron chi connectivity index (χ1n) is 5.83. The Morgan fingerprint density at radius 2 is 1.71 bits per heavy atom. The van der Waals surface area contributed by atoms with Gasteiger partial charge in [0.05, 0.1) is 0 Å². The molecule has 0 N–H and O–H groups in total. The Hall–Kier alpha value is -0.590. The molecule has 78 valence electrons. The van der Waals surface area contributed by atoms with E-state index >= 15 is 0 Å². The summed E-state index contributed by atoms with van der Waals surface area (Å²) in [5, 5.41) is 0. The molecule has 2 atom stereocenters. The highest BCUT2D eigenvalue weighted by Gasteiger charge is 2.32. The maximum absolute atomic E-state index is 11.3. The first-order valence-corrected chi connectivity index (χ1v) is 5.83. The van der Waals surface area contributed by atoms with Crippen LogP contribution in [-0.2, 0) is 4.79 Å². The molecule has 0 aromatic heterocycles. The molecule has 2 unspecified atom stereocenters. The lowest BCUT2D eigenvalue weighted by Gasteiger charge is -2.36. The Bertz CT molecular complexity index is 271. The van der Waals surface area contributed by atoms with Gasteiger partial charge in [0.25, 0.3) is 0 Å². The molecule has 2 aliphatic carbocycles. The summed E-state index contributed by atoms with van der Waals surface area (Å²) in [6.45, 7) is 4.45. The van der Waals surface area contributed by atoms with Crippen LogP contribution in [0.25, 0.3) is 0 Å². The normalized spacial score (nSPS) is 32.7. The molecule has 0 radical (unpaired) electrons. The SMILES string of the molecule is CC(C)=C1CCC2CC(=O)CCC2C1. The van der Waals surface area contributed by atoms with Crippen LogP contribution in [-0.4, -0.2) is 5.78 Å². The summed E-state index contributed by atoms with van der Waals surface area (Å²) in [7, 11) is 0. The van der Waals surface area contributed by atoms with Crippen molar-refractivity contribution in [2.45, 2.75) is 52.4 Å². The number of ketones is 1. The molecular weight excluding hydrogens is 172 g/mol. The zero-order chi connectivity index (χ0) is 10.1. The number of allylic oxidation sites excluding steroid dienone is 2. The van der Waals surface area contributed by atoms with E-state index in [4.69, 9.17) is 0 Å². The summed E-state index contributed by atoms with van der Waals surface area (Å²) in [4.78, 5) is 11.3. The highest BCUT2D eigenvalue weighted by Crippen LogP contribution is 2.42. The average molecular weight is 192 g/mol. The van der Waals surface area contributed by atoms with Gasteiger partial charge in [-0.2, -0.15) is 0 Å². The van der Waals surface area contributed by atoms with Gasteiger partial charge in [0.2, 0.25) is 0 Å². The third-order valence-corrected chi connectivity index (χ3v) is 3.98. The molecule has 0 aromatic carbocycles. The number of Topliss-reactive ketones (excluding diaryl/α,β-unsaturated/α-hetero) is 1. The zero-order valence-electron chi connectivity index (χ0n) is 9.31. The first-order chi connectivity index (χ1) is 6.66. The van der Waals surface area contributed by atoms with E-state index in [0.29, 0.717) is 5.78 Å². The number of carbonyl (C=O) groups excluding carboxylic acids is 1. The number of carbonyl (C=O) groups is 1. The summed E-state index contributed by atoms with van der Waals surface area (Å²) in [6.07, 6.45) is 6.66. The maximum atomic E-state index is 11.3. The Kier molecular flexibility index (Phi) is 2.76. The largest absolute Gasteiger partial charge is 0.300 e. The van der Waals surface area contributed by atoms with Gasteiger partial charge in [0, 0.05) is 12.8 Å². The second-order valence-electron chi connectivity index (χ2n) is 5.15. The Balaban J connectivity index is 2.05. The molecule has 1 nitrogen and oxygen atoms in total. The molecule has 2 rings (SSSR count). The number of fused-ring (bicyclic) bond motifs is 1. The summed E-state index contributed by atoms with van der Waals surface area (Å²) in [6, 6.07) is 0. The Labute approximate surface area is 86.6 Å². The van der Waals surface area contributed by atoms with Gasteiger partial charge >= 0.3 is 0 Å². The second kappa shape index (κ2) is 3.88. The van der Waals surface area contributed by atoms with E-state index in [9.17, 15) is 4.79 Å². The van der Waals surface area contributed by atoms with Crippen molar-refractivity contribution in [3.05, 3.63) is 11.1 Å². The summed E-state index contributed by atoms with van der Waals surface area (Å²) < 4.78 is 0. The minimum atomic E-state index is 0.506. The van der Waals surface area contributed by atoms with Gasteiger partial charge in [0.15, 0.2) is 0 Å². The molecule has 0 bridgehead atoms. The fourth-order valence-electron chi connectivity index (χ4n) is 2.98. The molecule has 14 heavy (non-hydrogen) atoms. The van der Waals surface area contributed by atoms with E-state index in [1.807, 2.05) is 0 Å². The smallest absolute Gasteiger partial charge is 0.133 e. The molecule has 0 heterocycles. The molecule has 1 heteroatoms. The molecule has 2 saturated carbocycles. The van der Waals surface area contributed by atoms with Crippen LogP contribution < -0.4 is 0 Å². The van der Waals surface area contributed by atoms with Crippen molar-refractivity contribution in [3.63, 3.8) is 0 Å². The molecule has 2 fully saturated rings. The second-order valence-corrected chi connectivity index (χ2v) is 5.15. The molecule has 0 saturated heterocycles. The third-order valence-electron chi connectivity index (χ3n) is 3.98. The van der Waals surface area contributed by atoms with E-state index < -0.39 is 0 Å². The monoisotopic (exact) mass is 192 g/mol. The van der Waals surface area contributed by atoms with Crippen molar-refractivity contribution in [2.24, 2.45) is 11.8 Å². The lowest BCUT2D eigenvalue weighted by atomic mass is 9.68. The van der Waals surface area contributed by atoms with Crippen molar-refractivity contribution >= 4 is 5.78 Å². The van der Waals surface area contributed by atoms with Crippen LogP contribution in [0.4, 0.5) is 0 Å². The van der Waals surface area contributed by atoms with Gasteiger partial charge in [-0.15, -0.1) is 0 Å². The van der Waals surface area contributed by atoms with Gasteiger partial charge in [-0.1, -0.05) is 11.1 Å². The van der Waals surface area contributed by atoms with E-state index in [0.717, 1.165) is 31.1 Å². The number of hydrogen-bond donors (Lipinski definition) is 0. The summed E-state index contributed by atoms with van der Waals surface area (Å²) in [5.41, 5.74) is 3.18. The summed E-state index contributed by atoms with van der Waals surface area (Å²) in [5.74, 6) is 2.05. The van der Waals surface area contributed by atoms with Crippen LogP contribution in [0.15, 0.2) is 11.1 Å². The van der Waals surface area contributed by atoms with Gasteiger partial charge in [-0.25, -0.2) is 0 Å². The predicted octanol–water partition coefficient (Wildman–Crippen LogP) is 3.49. The molecule has 0 spiro atoms. The fourth-order valence-corrected chi connectivity index (χ4v) is 2.98. The van der Waals surface area contributed by atoms with Gasteiger partial charge in [-0.3, -0.25) is 4.79 Å². The number of rotatable bonds is 0. The van der Waals surface area contributed by atoms with E-state index in [1.165, 1.54) is 24.8 Å². The Morgan fingerprint density at radius 1 is 1.07 bits per heavy atom. The predicted molar refractivity (Wildman–Crippen MR) is 58.1 cm³/mol. The van der Waals surface area contributed by atoms with Crippen LogP contribution in [0.2, 0.25) is 0 Å². The van der Waals surface area contributed by atoms with Crippen LogP contribution in [0.5, 0.6) is 0 Å². The van der Waals surface area contributed by atoms with Crippen molar-refractivity contribution in [3.8, 4) is 0 Å². The van der Waals surface area contributed by atoms with Crippen molar-refractivity contribution < 1.29 is 4.79 Å². The maximum Gasteiger partial charge on any atom is 0.133 e. The van der Waals surface area contributed by atoms with Crippen LogP contribution in [0, 0.1) is 11.8 Å². The standard InChI is InChI=1S/C13H20O/c1-9(2)10-3-4-12-8-13(14)6-5-11(12)7-10/h11-12H,3-8H2,1-2H3. The molecule has 0 aliphatic heterocycles. The fraction of sp³-hybridized carbons (Fsp3) is 0.769. The molecular formula is C13H20O. The van der Waals surface area contributed by atoms with Crippen LogP contribution in [0.3, 0.4) is 0 Å². The quantitative estimate of drug-likeness (QED) is 0.537. The average Bonchev–Trinajstić information content (AvgIpc) is 2.16. The topological polar surface area (TPSA) is 17.1 Å². The Morgan fingerprint density at radius 3 is 2.43 bits per heavy atom. The van der Waals surface area contributed by atoms with Crippen molar-refractivity contribution in [2.75, 3.05) is 0 Å². The van der Waals surface area contributed by atoms with Gasteiger partial charge in [-0.05, 0) is 51.4 Å². The van der Waals surface area contributed by atoms with Gasteiger partial charge < -0.3 is 0 Å². The minimum Gasteiger partial charge on any atom is -0.300 e. The molecule has 2 aliphatic rings. The van der Waals surface area contributed by atoms with E-state index in [-0.39, 0.29) is 0 Å². The van der Waals surface area contributed by atoms with Crippen molar-refractivity contribution in [1.82, 2.24) is 0 Å². The summed E-state index contributed by atoms with van der Waals surface area (Å²) >= 11 is 0. The number of hydrogen-bond acceptors (Lipinski definition) is 1. The van der Waals surface area contributed by atoms with Crippen LogP contribution >= 0.6 is 0 Å². The van der Waals surface area contributed by atoms with Crippen molar-refractivity contribution in [1.29, 1.82) is 0 Å². The van der Waals surface area contributed by atoms with E-state index in [2.05, 4.69) is 13.8 Å². The molecule has 0 aromatic rings. The minimum absolute atomic E-state index is 0.506. The zero-order valence-corrected chi connectivity index (χ0v) is 9.31. The molecule has 0 amide bonds. The first kappa shape index (κ1) is 9.95. The third kappa shape index (κ3) is 1.92. The van der Waals surface area contributed by atoms with E-state index in [1.54, 1.807) is 5.57 Å². The van der Waals surface area contributed by atoms with Crippen LogP contribution in [0.1, 0.15) is 52.4 Å².